The fourth-order valence-electron chi connectivity index (χ4n) is 3.35. The minimum Gasteiger partial charge on any atom is -0.465 e. The fraction of sp³-hybridized carbons (Fsp3) is 0.304. The highest BCUT2D eigenvalue weighted by Crippen LogP contribution is 2.14. The Labute approximate surface area is 185 Å². The molecule has 0 aliphatic carbocycles. The molecule has 1 atom stereocenters. The molecule has 0 fully saturated rings. The van der Waals surface area contributed by atoms with Gasteiger partial charge in [-0.2, -0.15) is 0 Å². The molecule has 162 valence electrons. The monoisotopic (exact) mass is 439 g/mol. The topological polar surface area (TPSA) is 93.2 Å². The number of ether oxygens (including phenoxy) is 1. The van der Waals surface area contributed by atoms with E-state index in [2.05, 4.69) is 17.2 Å². The molecule has 0 saturated carbocycles. The number of methoxy groups -OCH3 is 1. The van der Waals surface area contributed by atoms with Gasteiger partial charge in [0.2, 0.25) is 5.91 Å². The van der Waals surface area contributed by atoms with Gasteiger partial charge in [0.1, 0.15) is 0 Å². The summed E-state index contributed by atoms with van der Waals surface area (Å²) in [5.74, 6) is -0.329. The van der Waals surface area contributed by atoms with Gasteiger partial charge < -0.3 is 15.0 Å². The molecule has 8 heteroatoms. The molecule has 0 aliphatic rings. The molecule has 0 unspecified atom stereocenters. The van der Waals surface area contributed by atoms with Gasteiger partial charge in [-0.3, -0.25) is 14.2 Å². The van der Waals surface area contributed by atoms with Crippen LogP contribution in [-0.2, 0) is 16.1 Å². The number of carbonyl (C=O) groups is 2. The third-order valence-electron chi connectivity index (χ3n) is 5.16. The molecule has 0 spiro atoms. The number of nitrogens with one attached hydrogen (secondary N) is 2. The number of H-pyrrole nitrogens is 1. The molecule has 0 saturated heterocycles. The van der Waals surface area contributed by atoms with E-state index in [1.54, 1.807) is 12.1 Å². The molecule has 7 nitrogen and oxygen atoms in total. The second-order valence-electron chi connectivity index (χ2n) is 7.36. The van der Waals surface area contributed by atoms with Gasteiger partial charge in [-0.05, 0) is 48.3 Å². The van der Waals surface area contributed by atoms with E-state index in [-0.39, 0.29) is 22.2 Å². The van der Waals surface area contributed by atoms with Crippen molar-refractivity contribution in [1.29, 1.82) is 0 Å². The lowest BCUT2D eigenvalue weighted by Gasteiger charge is -2.13. The zero-order chi connectivity index (χ0) is 22.4. The van der Waals surface area contributed by atoms with Crippen LogP contribution in [0.2, 0.25) is 0 Å². The molecule has 3 aromatic rings. The third-order valence-corrected chi connectivity index (χ3v) is 5.49. The highest BCUT2D eigenvalue weighted by atomic mass is 32.1. The first-order valence-electron chi connectivity index (χ1n) is 10.1. The maximum atomic E-state index is 12.8. The van der Waals surface area contributed by atoms with E-state index in [4.69, 9.17) is 17.0 Å². The summed E-state index contributed by atoms with van der Waals surface area (Å²) in [5, 5.41) is 3.36. The average molecular weight is 440 g/mol. The van der Waals surface area contributed by atoms with Gasteiger partial charge >= 0.3 is 5.97 Å². The number of amides is 1. The minimum atomic E-state index is -0.488. The number of carbonyl (C=O) groups excluding carboxylic acids is 2. The fourth-order valence-corrected chi connectivity index (χ4v) is 3.64. The van der Waals surface area contributed by atoms with Gasteiger partial charge in [0, 0.05) is 19.5 Å². The van der Waals surface area contributed by atoms with Crippen LogP contribution in [0.4, 0.5) is 0 Å². The van der Waals surface area contributed by atoms with E-state index < -0.39 is 5.97 Å². The van der Waals surface area contributed by atoms with Gasteiger partial charge in [0.05, 0.1) is 23.6 Å². The Balaban J connectivity index is 1.60. The summed E-state index contributed by atoms with van der Waals surface area (Å²) in [5.41, 5.74) is 1.72. The van der Waals surface area contributed by atoms with Crippen LogP contribution < -0.4 is 10.9 Å². The van der Waals surface area contributed by atoms with Crippen molar-refractivity contribution in [3.8, 4) is 0 Å². The van der Waals surface area contributed by atoms with Crippen LogP contribution in [-0.4, -0.2) is 35.1 Å². The summed E-state index contributed by atoms with van der Waals surface area (Å²) in [4.78, 5) is 39.7. The quantitative estimate of drug-likeness (QED) is 0.414. The first-order chi connectivity index (χ1) is 14.9. The lowest BCUT2D eigenvalue weighted by molar-refractivity contribution is -0.121. The number of benzene rings is 2. The van der Waals surface area contributed by atoms with Crippen molar-refractivity contribution in [2.24, 2.45) is 0 Å². The Kier molecular flexibility index (Phi) is 7.36. The Hall–Kier alpha value is -3.26. The highest BCUT2D eigenvalue weighted by molar-refractivity contribution is 7.71. The second-order valence-corrected chi connectivity index (χ2v) is 7.74. The number of hydrogen-bond donors (Lipinski definition) is 2. The molecule has 0 aliphatic heterocycles. The molecule has 0 radical (unpaired) electrons. The van der Waals surface area contributed by atoms with Crippen molar-refractivity contribution >= 4 is 35.0 Å². The summed E-state index contributed by atoms with van der Waals surface area (Å²) >= 11 is 5.31. The lowest BCUT2D eigenvalue weighted by Crippen LogP contribution is -2.28. The lowest BCUT2D eigenvalue weighted by atomic mass is 10.0. The Morgan fingerprint density at radius 3 is 2.65 bits per heavy atom. The minimum absolute atomic E-state index is 0.0609. The molecule has 1 aromatic heterocycles. The molecule has 1 amide bonds. The van der Waals surface area contributed by atoms with Crippen LogP contribution in [0.3, 0.4) is 0 Å². The zero-order valence-electron chi connectivity index (χ0n) is 17.5. The summed E-state index contributed by atoms with van der Waals surface area (Å²) in [7, 11) is 1.30. The zero-order valence-corrected chi connectivity index (χ0v) is 18.3. The van der Waals surface area contributed by atoms with Crippen LogP contribution in [0.1, 0.15) is 41.6 Å². The molecule has 2 N–H and O–H groups in total. The van der Waals surface area contributed by atoms with Gasteiger partial charge in [0.15, 0.2) is 4.77 Å². The standard InChI is InChI=1S/C23H25N3O4S/c1-15(16-7-4-3-5-8-16)14-24-20(27)9-6-12-26-21(28)18-11-10-17(22(29)30-2)13-19(18)25-23(26)31/h3-5,7-8,10-11,13,15H,6,9,12,14H2,1-2H3,(H,24,27)(H,25,31)/t15-/m0/s1. The summed E-state index contributed by atoms with van der Waals surface area (Å²) < 4.78 is 6.39. The van der Waals surface area contributed by atoms with Crippen molar-refractivity contribution < 1.29 is 14.3 Å². The maximum Gasteiger partial charge on any atom is 0.337 e. The Morgan fingerprint density at radius 2 is 1.94 bits per heavy atom. The van der Waals surface area contributed by atoms with E-state index >= 15 is 0 Å². The number of hydrogen-bond acceptors (Lipinski definition) is 5. The number of rotatable bonds is 8. The van der Waals surface area contributed by atoms with Gasteiger partial charge in [-0.1, -0.05) is 37.3 Å². The van der Waals surface area contributed by atoms with E-state index in [1.165, 1.54) is 23.3 Å². The van der Waals surface area contributed by atoms with Gasteiger partial charge in [-0.15, -0.1) is 0 Å². The van der Waals surface area contributed by atoms with E-state index in [1.807, 2.05) is 30.3 Å². The largest absolute Gasteiger partial charge is 0.465 e. The average Bonchev–Trinajstić information content (AvgIpc) is 2.79. The van der Waals surface area contributed by atoms with E-state index in [0.29, 0.717) is 42.4 Å². The molecule has 1 heterocycles. The van der Waals surface area contributed by atoms with Crippen molar-refractivity contribution in [1.82, 2.24) is 14.9 Å². The number of aromatic nitrogens is 2. The summed E-state index contributed by atoms with van der Waals surface area (Å²) in [6.07, 6.45) is 0.775. The number of fused-ring (bicyclic) bond motifs is 1. The predicted molar refractivity (Wildman–Crippen MR) is 122 cm³/mol. The highest BCUT2D eigenvalue weighted by Gasteiger charge is 2.11. The summed E-state index contributed by atoms with van der Waals surface area (Å²) in [6, 6.07) is 14.7. The van der Waals surface area contributed by atoms with Crippen LogP contribution in [0, 0.1) is 4.77 Å². The van der Waals surface area contributed by atoms with Crippen molar-refractivity contribution in [2.45, 2.75) is 32.2 Å². The molecular formula is C23H25N3O4S. The first kappa shape index (κ1) is 22.4. The van der Waals surface area contributed by atoms with E-state index in [9.17, 15) is 14.4 Å². The molecule has 2 aromatic carbocycles. The van der Waals surface area contributed by atoms with E-state index in [0.717, 1.165) is 0 Å². The predicted octanol–water partition coefficient (Wildman–Crippen LogP) is 3.55. The van der Waals surface area contributed by atoms with Gasteiger partial charge in [0.25, 0.3) is 5.56 Å². The molecule has 3 rings (SSSR count). The normalized spacial score (nSPS) is 11.8. The molecule has 31 heavy (non-hydrogen) atoms. The SMILES string of the molecule is COC(=O)c1ccc2c(=O)n(CCCC(=O)NC[C@H](C)c3ccccc3)c(=S)[nH]c2c1. The van der Waals surface area contributed by atoms with Crippen LogP contribution in [0.5, 0.6) is 0 Å². The van der Waals surface area contributed by atoms with Crippen molar-refractivity contribution in [2.75, 3.05) is 13.7 Å². The number of aromatic amines is 1. The Bertz CT molecular complexity index is 1200. The second kappa shape index (κ2) is 10.2. The van der Waals surface area contributed by atoms with Gasteiger partial charge in [-0.25, -0.2) is 4.79 Å². The third kappa shape index (κ3) is 5.46. The van der Waals surface area contributed by atoms with Crippen molar-refractivity contribution in [3.05, 3.63) is 74.8 Å². The van der Waals surface area contributed by atoms with Crippen LogP contribution in [0.25, 0.3) is 10.9 Å². The van der Waals surface area contributed by atoms with Crippen LogP contribution in [0.15, 0.2) is 53.3 Å². The summed E-state index contributed by atoms with van der Waals surface area (Å²) in [6.45, 7) is 2.95. The first-order valence-corrected chi connectivity index (χ1v) is 10.5. The smallest absolute Gasteiger partial charge is 0.337 e. The number of esters is 1. The number of nitrogens with zero attached hydrogens (tertiary/aromatic N) is 1. The molecule has 0 bridgehead atoms. The molecular weight excluding hydrogens is 414 g/mol. The Morgan fingerprint density at radius 1 is 1.19 bits per heavy atom. The maximum absolute atomic E-state index is 12.8. The van der Waals surface area contributed by atoms with Crippen LogP contribution >= 0.6 is 12.2 Å². The van der Waals surface area contributed by atoms with Crippen molar-refractivity contribution in [3.63, 3.8) is 0 Å².